The van der Waals surface area contributed by atoms with E-state index in [9.17, 15) is 20.0 Å². The van der Waals surface area contributed by atoms with Crippen LogP contribution in [0.5, 0.6) is 0 Å². The minimum absolute atomic E-state index is 0.00756. The smallest absolute Gasteiger partial charge is 0.335 e. The molecule has 1 saturated heterocycles. The number of nitrogens with one attached hydrogen (secondary N) is 1. The number of rotatable bonds is 10. The van der Waals surface area contributed by atoms with E-state index in [0.29, 0.717) is 18.2 Å². The minimum atomic E-state index is -0.937. The van der Waals surface area contributed by atoms with Crippen LogP contribution in [0.4, 0.5) is 5.69 Å². The molecule has 2 N–H and O–H groups in total. The molecule has 40 heavy (non-hydrogen) atoms. The zero-order valence-corrected chi connectivity index (χ0v) is 23.6. The molecule has 1 atom stereocenters. The molecule has 0 radical (unpaired) electrons. The lowest BCUT2D eigenvalue weighted by Crippen LogP contribution is -2.46. The summed E-state index contributed by atoms with van der Waals surface area (Å²) in [7, 11) is 0. The normalized spacial score (nSPS) is 14.8. The average molecular weight is 539 g/mol. The molecule has 1 fully saturated rings. The van der Waals surface area contributed by atoms with E-state index in [1.165, 1.54) is 0 Å². The molecule has 4 rings (SSSR count). The Labute approximate surface area is 237 Å². The zero-order chi connectivity index (χ0) is 28.6. The first-order valence-corrected chi connectivity index (χ1v) is 13.9. The maximum Gasteiger partial charge on any atom is 0.335 e. The van der Waals surface area contributed by atoms with E-state index in [0.717, 1.165) is 66.8 Å². The second-order valence-electron chi connectivity index (χ2n) is 10.8. The van der Waals surface area contributed by atoms with E-state index in [4.69, 9.17) is 0 Å². The highest BCUT2D eigenvalue weighted by Crippen LogP contribution is 2.27. The second-order valence-corrected chi connectivity index (χ2v) is 10.8. The van der Waals surface area contributed by atoms with Crippen molar-refractivity contribution in [3.8, 4) is 6.07 Å². The van der Waals surface area contributed by atoms with Gasteiger partial charge in [-0.25, -0.2) is 4.79 Å². The lowest BCUT2D eigenvalue weighted by molar-refractivity contribution is 0.0696. The van der Waals surface area contributed by atoms with Crippen molar-refractivity contribution in [2.24, 2.45) is 0 Å². The van der Waals surface area contributed by atoms with Crippen molar-refractivity contribution in [3.63, 3.8) is 0 Å². The van der Waals surface area contributed by atoms with Gasteiger partial charge in [-0.2, -0.15) is 5.26 Å². The molecule has 1 aliphatic heterocycles. The molecule has 7 heteroatoms. The number of hydrogen-bond donors (Lipinski definition) is 2. The van der Waals surface area contributed by atoms with Crippen LogP contribution in [0, 0.1) is 25.2 Å². The monoisotopic (exact) mass is 538 g/mol. The molecule has 1 heterocycles. The van der Waals surface area contributed by atoms with E-state index < -0.39 is 5.97 Å². The number of benzene rings is 3. The largest absolute Gasteiger partial charge is 0.478 e. The lowest BCUT2D eigenvalue weighted by Gasteiger charge is -2.40. The van der Waals surface area contributed by atoms with E-state index in [-0.39, 0.29) is 17.5 Å². The zero-order valence-electron chi connectivity index (χ0n) is 23.6. The molecule has 1 amide bonds. The number of nitriles is 1. The van der Waals surface area contributed by atoms with Crippen molar-refractivity contribution < 1.29 is 14.7 Å². The van der Waals surface area contributed by atoms with Gasteiger partial charge in [-0.3, -0.25) is 4.79 Å². The van der Waals surface area contributed by atoms with Crippen LogP contribution in [0.3, 0.4) is 0 Å². The first-order valence-electron chi connectivity index (χ1n) is 13.9. The van der Waals surface area contributed by atoms with Crippen LogP contribution in [-0.2, 0) is 6.54 Å². The molecule has 1 aliphatic rings. The Morgan fingerprint density at radius 3 is 2.33 bits per heavy atom. The predicted octanol–water partition coefficient (Wildman–Crippen LogP) is 5.55. The van der Waals surface area contributed by atoms with Gasteiger partial charge < -0.3 is 20.2 Å². The number of carbonyl (C=O) groups excluding carboxylic acids is 1. The Hall–Kier alpha value is -4.15. The molecule has 0 aromatic heterocycles. The standard InChI is InChI=1S/C33H38N4O3/c1-23-6-4-7-24(2)31(23)32(38)35-25(3)14-17-36-18-15-30(16-19-36)37(22-27-9-5-8-26(20-27)21-34)29-12-10-28(11-13-29)33(39)40/h4-13,20,25,30H,14-19,22H2,1-3H3,(H,35,38)(H,39,40). The summed E-state index contributed by atoms with van der Waals surface area (Å²) in [6.45, 7) is 9.47. The highest BCUT2D eigenvalue weighted by molar-refractivity contribution is 5.97. The quantitative estimate of drug-likeness (QED) is 0.351. The fraction of sp³-hybridized carbons (Fsp3) is 0.364. The molecule has 0 spiro atoms. The fourth-order valence-electron chi connectivity index (χ4n) is 5.53. The highest BCUT2D eigenvalue weighted by Gasteiger charge is 2.26. The topological polar surface area (TPSA) is 96.7 Å². The minimum Gasteiger partial charge on any atom is -0.478 e. The average Bonchev–Trinajstić information content (AvgIpc) is 2.95. The Kier molecular flexibility index (Phi) is 9.57. The first-order chi connectivity index (χ1) is 19.2. The molecule has 3 aromatic carbocycles. The van der Waals surface area contributed by atoms with Crippen LogP contribution in [0.15, 0.2) is 66.7 Å². The summed E-state index contributed by atoms with van der Waals surface area (Å²) < 4.78 is 0. The maximum atomic E-state index is 12.9. The van der Waals surface area contributed by atoms with Crippen LogP contribution in [0.2, 0.25) is 0 Å². The van der Waals surface area contributed by atoms with Gasteiger partial charge in [-0.05, 0) is 93.1 Å². The van der Waals surface area contributed by atoms with E-state index in [1.807, 2.05) is 62.4 Å². The summed E-state index contributed by atoms with van der Waals surface area (Å²) in [6.07, 6.45) is 2.83. The van der Waals surface area contributed by atoms with Crippen molar-refractivity contribution in [2.75, 3.05) is 24.5 Å². The van der Waals surface area contributed by atoms with Crippen molar-refractivity contribution >= 4 is 17.6 Å². The van der Waals surface area contributed by atoms with Crippen LogP contribution >= 0.6 is 0 Å². The van der Waals surface area contributed by atoms with Gasteiger partial charge in [-0.1, -0.05) is 30.3 Å². The van der Waals surface area contributed by atoms with E-state index in [2.05, 4.69) is 28.1 Å². The van der Waals surface area contributed by atoms with Gasteiger partial charge in [0.2, 0.25) is 0 Å². The van der Waals surface area contributed by atoms with Gasteiger partial charge in [0, 0.05) is 49.5 Å². The van der Waals surface area contributed by atoms with Crippen molar-refractivity contribution in [1.29, 1.82) is 5.26 Å². The second kappa shape index (κ2) is 13.3. The van der Waals surface area contributed by atoms with Gasteiger partial charge >= 0.3 is 5.97 Å². The molecule has 0 bridgehead atoms. The number of likely N-dealkylation sites (tertiary alicyclic amines) is 1. The highest BCUT2D eigenvalue weighted by atomic mass is 16.4. The number of hydrogen-bond acceptors (Lipinski definition) is 5. The van der Waals surface area contributed by atoms with Gasteiger partial charge in [0.1, 0.15) is 0 Å². The number of anilines is 1. The molecule has 0 aliphatic carbocycles. The summed E-state index contributed by atoms with van der Waals surface area (Å²) in [5.41, 5.74) is 5.69. The third-order valence-corrected chi connectivity index (χ3v) is 7.82. The number of carboxylic acids is 1. The predicted molar refractivity (Wildman–Crippen MR) is 158 cm³/mol. The van der Waals surface area contributed by atoms with Gasteiger partial charge in [0.25, 0.3) is 5.91 Å². The Bertz CT molecular complexity index is 1350. The number of piperidine rings is 1. The summed E-state index contributed by atoms with van der Waals surface area (Å²) in [4.78, 5) is 29.0. The summed E-state index contributed by atoms with van der Waals surface area (Å²) in [5.74, 6) is -0.945. The number of amides is 1. The number of aryl methyl sites for hydroxylation is 2. The Morgan fingerprint density at radius 2 is 1.70 bits per heavy atom. The molecule has 208 valence electrons. The van der Waals surface area contributed by atoms with Crippen LogP contribution in [0.1, 0.15) is 69.2 Å². The third kappa shape index (κ3) is 7.28. The van der Waals surface area contributed by atoms with Crippen molar-refractivity contribution in [2.45, 2.75) is 58.7 Å². The molecule has 1 unspecified atom stereocenters. The fourth-order valence-corrected chi connectivity index (χ4v) is 5.53. The summed E-state index contributed by atoms with van der Waals surface area (Å²) in [5, 5.41) is 21.9. The first kappa shape index (κ1) is 28.8. The molecular formula is C33H38N4O3. The van der Waals surface area contributed by atoms with Gasteiger partial charge in [-0.15, -0.1) is 0 Å². The Balaban J connectivity index is 1.36. The number of carboxylic acid groups (broad SMARTS) is 1. The molecule has 7 nitrogen and oxygen atoms in total. The van der Waals surface area contributed by atoms with Gasteiger partial charge in [0.05, 0.1) is 17.2 Å². The lowest BCUT2D eigenvalue weighted by atomic mass is 9.99. The van der Waals surface area contributed by atoms with Crippen molar-refractivity contribution in [1.82, 2.24) is 10.2 Å². The SMILES string of the molecule is Cc1cccc(C)c1C(=O)NC(C)CCN1CCC(N(Cc2cccc(C#N)c2)c2ccc(C(=O)O)cc2)CC1. The Morgan fingerprint density at radius 1 is 1.05 bits per heavy atom. The van der Waals surface area contributed by atoms with Crippen LogP contribution in [-0.4, -0.2) is 53.6 Å². The summed E-state index contributed by atoms with van der Waals surface area (Å²) >= 11 is 0. The molecular weight excluding hydrogens is 500 g/mol. The molecule has 3 aromatic rings. The van der Waals surface area contributed by atoms with Gasteiger partial charge in [0.15, 0.2) is 0 Å². The number of carbonyl (C=O) groups is 2. The number of aromatic carboxylic acids is 1. The van der Waals surface area contributed by atoms with E-state index in [1.54, 1.807) is 18.2 Å². The number of nitrogens with zero attached hydrogens (tertiary/aromatic N) is 3. The molecule has 0 saturated carbocycles. The van der Waals surface area contributed by atoms with E-state index >= 15 is 0 Å². The van der Waals surface area contributed by atoms with Crippen LogP contribution in [0.25, 0.3) is 0 Å². The summed E-state index contributed by atoms with van der Waals surface area (Å²) in [6, 6.07) is 23.2. The third-order valence-electron chi connectivity index (χ3n) is 7.82. The van der Waals surface area contributed by atoms with Crippen LogP contribution < -0.4 is 10.2 Å². The maximum absolute atomic E-state index is 12.9. The van der Waals surface area contributed by atoms with Crippen molar-refractivity contribution in [3.05, 3.63) is 100 Å².